The number of nitrogens with zero attached hydrogens (tertiary/aromatic N) is 4. The molecule has 10 nitrogen and oxygen atoms in total. The number of nitrogens with one attached hydrogen (secondary N) is 1. The molecule has 0 atom stereocenters. The summed E-state index contributed by atoms with van der Waals surface area (Å²) in [5, 5.41) is 15.0. The van der Waals surface area contributed by atoms with Gasteiger partial charge in [0.1, 0.15) is 17.3 Å². The van der Waals surface area contributed by atoms with E-state index in [0.717, 1.165) is 11.1 Å². The number of hydrogen-bond acceptors (Lipinski definition) is 8. The number of para-hydroxylation sites is 1. The van der Waals surface area contributed by atoms with Gasteiger partial charge >= 0.3 is 0 Å². The summed E-state index contributed by atoms with van der Waals surface area (Å²) in [5.41, 5.74) is 2.93. The number of carbonyl (C=O) groups is 1. The van der Waals surface area contributed by atoms with Crippen LogP contribution in [0.1, 0.15) is 10.4 Å². The first-order valence-electron chi connectivity index (χ1n) is 12.1. The van der Waals surface area contributed by atoms with Gasteiger partial charge in [0.25, 0.3) is 11.6 Å². The SMILES string of the molecule is COc1ccc(Nc2cc(C(=O)N3CCN(c4ccc([N+](=O)[O-])cc4)CC3)c3ccccc3n2)c(OC)c1. The van der Waals surface area contributed by atoms with Gasteiger partial charge in [0, 0.05) is 55.5 Å². The first kappa shape index (κ1) is 24.8. The van der Waals surface area contributed by atoms with E-state index in [1.165, 1.54) is 12.1 Å². The van der Waals surface area contributed by atoms with Crippen LogP contribution in [0.5, 0.6) is 11.5 Å². The number of nitro benzene ring substituents is 1. The number of aromatic nitrogens is 1. The molecule has 1 amide bonds. The number of piperazine rings is 1. The summed E-state index contributed by atoms with van der Waals surface area (Å²) in [6.07, 6.45) is 0. The smallest absolute Gasteiger partial charge is 0.269 e. The molecule has 38 heavy (non-hydrogen) atoms. The molecule has 0 radical (unpaired) electrons. The van der Waals surface area contributed by atoms with Gasteiger partial charge in [0.05, 0.1) is 35.9 Å². The van der Waals surface area contributed by atoms with Crippen molar-refractivity contribution in [3.8, 4) is 11.5 Å². The molecule has 0 saturated carbocycles. The van der Waals surface area contributed by atoms with Crippen molar-refractivity contribution in [1.29, 1.82) is 0 Å². The number of methoxy groups -OCH3 is 2. The van der Waals surface area contributed by atoms with Crippen LogP contribution in [0.4, 0.5) is 22.9 Å². The summed E-state index contributed by atoms with van der Waals surface area (Å²) in [4.78, 5) is 32.9. The lowest BCUT2D eigenvalue weighted by molar-refractivity contribution is -0.384. The average Bonchev–Trinajstić information content (AvgIpc) is 2.96. The predicted octanol–water partition coefficient (Wildman–Crippen LogP) is 4.87. The molecule has 10 heteroatoms. The maximum absolute atomic E-state index is 13.7. The van der Waals surface area contributed by atoms with E-state index in [0.29, 0.717) is 60.3 Å². The lowest BCUT2D eigenvalue weighted by Crippen LogP contribution is -2.48. The van der Waals surface area contributed by atoms with E-state index in [1.54, 1.807) is 38.5 Å². The van der Waals surface area contributed by atoms with Crippen LogP contribution in [0.25, 0.3) is 10.9 Å². The molecule has 4 aromatic rings. The highest BCUT2D eigenvalue weighted by Gasteiger charge is 2.25. The van der Waals surface area contributed by atoms with Crippen molar-refractivity contribution in [3.63, 3.8) is 0 Å². The second-order valence-electron chi connectivity index (χ2n) is 8.82. The Morgan fingerprint density at radius 2 is 1.68 bits per heavy atom. The third kappa shape index (κ3) is 5.01. The maximum Gasteiger partial charge on any atom is 0.269 e. The van der Waals surface area contributed by atoms with Crippen molar-refractivity contribution >= 4 is 39.7 Å². The first-order chi connectivity index (χ1) is 18.5. The molecule has 0 unspecified atom stereocenters. The van der Waals surface area contributed by atoms with Crippen LogP contribution in [0.2, 0.25) is 0 Å². The van der Waals surface area contributed by atoms with Crippen LogP contribution >= 0.6 is 0 Å². The zero-order valence-electron chi connectivity index (χ0n) is 21.1. The summed E-state index contributed by atoms with van der Waals surface area (Å²) in [6, 6.07) is 21.3. The van der Waals surface area contributed by atoms with Crippen LogP contribution < -0.4 is 19.7 Å². The quantitative estimate of drug-likeness (QED) is 0.275. The van der Waals surface area contributed by atoms with Crippen LogP contribution in [-0.4, -0.2) is 61.1 Å². The zero-order chi connectivity index (χ0) is 26.6. The van der Waals surface area contributed by atoms with Gasteiger partial charge in [-0.2, -0.15) is 0 Å². The number of hydrogen-bond donors (Lipinski definition) is 1. The van der Waals surface area contributed by atoms with Crippen LogP contribution in [0.15, 0.2) is 72.8 Å². The van der Waals surface area contributed by atoms with Crippen molar-refractivity contribution in [3.05, 3.63) is 88.5 Å². The molecule has 3 aromatic carbocycles. The molecule has 0 aliphatic carbocycles. The number of non-ortho nitro benzene ring substituents is 1. The van der Waals surface area contributed by atoms with E-state index in [2.05, 4.69) is 10.2 Å². The standard InChI is InChI=1S/C28H27N5O5/c1-37-21-11-12-25(26(17-21)38-2)30-27-18-23(22-5-3-4-6-24(22)29-27)28(34)32-15-13-31(14-16-32)19-7-9-20(10-8-19)33(35)36/h3-12,17-18H,13-16H2,1-2H3,(H,29,30). The van der Waals surface area contributed by atoms with Crippen molar-refractivity contribution in [2.45, 2.75) is 0 Å². The lowest BCUT2D eigenvalue weighted by atomic mass is 10.1. The van der Waals surface area contributed by atoms with Gasteiger partial charge < -0.3 is 24.6 Å². The topological polar surface area (TPSA) is 110 Å². The van der Waals surface area contributed by atoms with Gasteiger partial charge in [-0.3, -0.25) is 14.9 Å². The van der Waals surface area contributed by atoms with E-state index in [9.17, 15) is 14.9 Å². The highest BCUT2D eigenvalue weighted by atomic mass is 16.6. The number of anilines is 3. The highest BCUT2D eigenvalue weighted by Crippen LogP contribution is 2.32. The highest BCUT2D eigenvalue weighted by molar-refractivity contribution is 6.07. The molecular weight excluding hydrogens is 486 g/mol. The van der Waals surface area contributed by atoms with Crippen molar-refractivity contribution in [2.75, 3.05) is 50.6 Å². The van der Waals surface area contributed by atoms with Gasteiger partial charge in [0.2, 0.25) is 0 Å². The van der Waals surface area contributed by atoms with Gasteiger partial charge in [-0.05, 0) is 36.4 Å². The fraction of sp³-hybridized carbons (Fsp3) is 0.214. The number of fused-ring (bicyclic) bond motifs is 1. The Morgan fingerprint density at radius 3 is 2.37 bits per heavy atom. The first-order valence-corrected chi connectivity index (χ1v) is 12.1. The van der Waals surface area contributed by atoms with E-state index in [1.807, 2.05) is 41.3 Å². The van der Waals surface area contributed by atoms with Gasteiger partial charge in [-0.15, -0.1) is 0 Å². The van der Waals surface area contributed by atoms with E-state index in [4.69, 9.17) is 14.5 Å². The molecule has 1 aromatic heterocycles. The Labute approximate surface area is 219 Å². The molecule has 1 N–H and O–H groups in total. The molecule has 1 saturated heterocycles. The second-order valence-corrected chi connectivity index (χ2v) is 8.82. The molecule has 0 bridgehead atoms. The molecule has 1 aliphatic rings. The summed E-state index contributed by atoms with van der Waals surface area (Å²) in [7, 11) is 3.18. The number of ether oxygens (including phenoxy) is 2. The Bertz CT molecular complexity index is 1480. The number of nitro groups is 1. The maximum atomic E-state index is 13.7. The fourth-order valence-electron chi connectivity index (χ4n) is 4.58. The molecule has 1 aliphatic heterocycles. The van der Waals surface area contributed by atoms with Gasteiger partial charge in [-0.25, -0.2) is 4.98 Å². The fourth-order valence-corrected chi connectivity index (χ4v) is 4.58. The third-order valence-corrected chi connectivity index (χ3v) is 6.61. The molecule has 5 rings (SSSR count). The minimum atomic E-state index is -0.409. The van der Waals surface area contributed by atoms with Crippen LogP contribution in [0, 0.1) is 10.1 Å². The van der Waals surface area contributed by atoms with Gasteiger partial charge in [-0.1, -0.05) is 18.2 Å². The van der Waals surface area contributed by atoms with Crippen LogP contribution in [-0.2, 0) is 0 Å². The number of carbonyl (C=O) groups excluding carboxylic acids is 1. The number of rotatable bonds is 7. The van der Waals surface area contributed by atoms with E-state index in [-0.39, 0.29) is 11.6 Å². The summed E-state index contributed by atoms with van der Waals surface area (Å²) in [6.45, 7) is 2.31. The number of benzene rings is 3. The molecule has 2 heterocycles. The predicted molar refractivity (Wildman–Crippen MR) is 146 cm³/mol. The Morgan fingerprint density at radius 1 is 0.947 bits per heavy atom. The van der Waals surface area contributed by atoms with Crippen molar-refractivity contribution in [2.24, 2.45) is 0 Å². The number of amides is 1. The summed E-state index contributed by atoms with van der Waals surface area (Å²) >= 11 is 0. The Hall–Kier alpha value is -4.86. The second kappa shape index (κ2) is 10.6. The minimum absolute atomic E-state index is 0.0591. The summed E-state index contributed by atoms with van der Waals surface area (Å²) < 4.78 is 10.8. The van der Waals surface area contributed by atoms with Crippen molar-refractivity contribution < 1.29 is 19.2 Å². The Kier molecular flexibility index (Phi) is 6.94. The molecule has 194 valence electrons. The molecule has 1 fully saturated rings. The van der Waals surface area contributed by atoms with E-state index >= 15 is 0 Å². The normalized spacial score (nSPS) is 13.3. The van der Waals surface area contributed by atoms with E-state index < -0.39 is 4.92 Å². The summed E-state index contributed by atoms with van der Waals surface area (Å²) in [5.74, 6) is 1.72. The van der Waals surface area contributed by atoms with Crippen molar-refractivity contribution in [1.82, 2.24) is 9.88 Å². The third-order valence-electron chi connectivity index (χ3n) is 6.61. The molecular formula is C28H27N5O5. The largest absolute Gasteiger partial charge is 0.497 e. The van der Waals surface area contributed by atoms with Crippen LogP contribution in [0.3, 0.4) is 0 Å². The monoisotopic (exact) mass is 513 g/mol. The lowest BCUT2D eigenvalue weighted by Gasteiger charge is -2.36. The number of pyridine rings is 1. The zero-order valence-corrected chi connectivity index (χ0v) is 21.1. The van der Waals surface area contributed by atoms with Gasteiger partial charge in [0.15, 0.2) is 0 Å². The Balaban J connectivity index is 1.37. The average molecular weight is 514 g/mol. The minimum Gasteiger partial charge on any atom is -0.497 e. The molecule has 0 spiro atoms.